The molecule has 1 aromatic rings. The fourth-order valence-corrected chi connectivity index (χ4v) is 3.01. The highest BCUT2D eigenvalue weighted by molar-refractivity contribution is 5.73. The third kappa shape index (κ3) is 4.46. The number of urea groups is 1. The number of fused-ring (bicyclic) bond motifs is 1. The first-order chi connectivity index (χ1) is 10.0. The molecular weight excluding hydrogens is 264 g/mol. The van der Waals surface area contributed by atoms with Crippen molar-refractivity contribution in [3.05, 3.63) is 35.4 Å². The predicted molar refractivity (Wildman–Crippen MR) is 84.3 cm³/mol. The van der Waals surface area contributed by atoms with Crippen molar-refractivity contribution >= 4 is 6.03 Å². The van der Waals surface area contributed by atoms with E-state index in [0.29, 0.717) is 19.5 Å². The number of hydrogen-bond donors (Lipinski definition) is 3. The Balaban J connectivity index is 1.75. The topological polar surface area (TPSA) is 61.4 Å². The zero-order valence-electron chi connectivity index (χ0n) is 13.0. The average molecular weight is 290 g/mol. The van der Waals surface area contributed by atoms with Crippen LogP contribution in [0.1, 0.15) is 37.8 Å². The van der Waals surface area contributed by atoms with E-state index in [4.69, 9.17) is 0 Å². The van der Waals surface area contributed by atoms with Gasteiger partial charge in [-0.2, -0.15) is 0 Å². The standard InChI is InChI=1S/C17H26N2O2/c1-3-6-15(20)11-18-16(21)19-12-17(2)9-13-7-4-5-8-14(13)10-17/h4-5,7-8,15,20H,3,6,9-12H2,1-2H3,(H2,18,19,21). The van der Waals surface area contributed by atoms with E-state index >= 15 is 0 Å². The lowest BCUT2D eigenvalue weighted by Crippen LogP contribution is -2.44. The molecule has 1 unspecified atom stereocenters. The molecule has 21 heavy (non-hydrogen) atoms. The lowest BCUT2D eigenvalue weighted by Gasteiger charge is -2.24. The minimum atomic E-state index is -0.452. The molecule has 1 aromatic carbocycles. The number of benzene rings is 1. The van der Waals surface area contributed by atoms with Gasteiger partial charge in [0.1, 0.15) is 0 Å². The van der Waals surface area contributed by atoms with Crippen molar-refractivity contribution in [3.63, 3.8) is 0 Å². The Morgan fingerprint density at radius 1 is 1.29 bits per heavy atom. The van der Waals surface area contributed by atoms with E-state index in [9.17, 15) is 9.90 Å². The molecule has 0 aromatic heterocycles. The van der Waals surface area contributed by atoms with E-state index in [1.165, 1.54) is 11.1 Å². The van der Waals surface area contributed by atoms with Crippen molar-refractivity contribution in [1.82, 2.24) is 10.6 Å². The molecule has 0 radical (unpaired) electrons. The zero-order chi connectivity index (χ0) is 15.3. The molecule has 116 valence electrons. The predicted octanol–water partition coefficient (Wildman–Crippen LogP) is 2.25. The zero-order valence-corrected chi connectivity index (χ0v) is 13.0. The largest absolute Gasteiger partial charge is 0.391 e. The summed E-state index contributed by atoms with van der Waals surface area (Å²) in [7, 11) is 0. The van der Waals surface area contributed by atoms with Gasteiger partial charge in [-0.05, 0) is 35.8 Å². The van der Waals surface area contributed by atoms with Gasteiger partial charge in [-0.25, -0.2) is 4.79 Å². The summed E-state index contributed by atoms with van der Waals surface area (Å²) in [5.74, 6) is 0. The normalized spacial score (nSPS) is 17.1. The summed E-state index contributed by atoms with van der Waals surface area (Å²) in [6.45, 7) is 5.19. The van der Waals surface area contributed by atoms with Crippen LogP contribution in [0.15, 0.2) is 24.3 Å². The van der Waals surface area contributed by atoms with E-state index in [1.807, 2.05) is 6.92 Å². The molecule has 1 atom stereocenters. The summed E-state index contributed by atoms with van der Waals surface area (Å²) in [4.78, 5) is 11.8. The molecule has 0 saturated heterocycles. The van der Waals surface area contributed by atoms with Crippen molar-refractivity contribution in [2.75, 3.05) is 13.1 Å². The summed E-state index contributed by atoms with van der Waals surface area (Å²) >= 11 is 0. The van der Waals surface area contributed by atoms with Gasteiger partial charge in [0.2, 0.25) is 0 Å². The smallest absolute Gasteiger partial charge is 0.314 e. The molecular formula is C17H26N2O2. The lowest BCUT2D eigenvalue weighted by atomic mass is 9.87. The summed E-state index contributed by atoms with van der Waals surface area (Å²) < 4.78 is 0. The molecule has 0 aliphatic heterocycles. The Bertz CT molecular complexity index is 462. The first kappa shape index (κ1) is 15.8. The maximum atomic E-state index is 11.8. The van der Waals surface area contributed by atoms with Crippen LogP contribution in [0.25, 0.3) is 0 Å². The first-order valence-corrected chi connectivity index (χ1v) is 7.79. The van der Waals surface area contributed by atoms with Crippen LogP contribution < -0.4 is 10.6 Å². The van der Waals surface area contributed by atoms with Crippen molar-refractivity contribution < 1.29 is 9.90 Å². The van der Waals surface area contributed by atoms with Crippen LogP contribution in [0.2, 0.25) is 0 Å². The Hall–Kier alpha value is -1.55. The van der Waals surface area contributed by atoms with E-state index in [1.54, 1.807) is 0 Å². The number of carbonyl (C=O) groups is 1. The van der Waals surface area contributed by atoms with Crippen LogP contribution in [0, 0.1) is 5.41 Å². The van der Waals surface area contributed by atoms with Crippen molar-refractivity contribution in [3.8, 4) is 0 Å². The number of aliphatic hydroxyl groups is 1. The first-order valence-electron chi connectivity index (χ1n) is 7.79. The highest BCUT2D eigenvalue weighted by Crippen LogP contribution is 2.35. The SMILES string of the molecule is CCCC(O)CNC(=O)NCC1(C)Cc2ccccc2C1. The average Bonchev–Trinajstić information content (AvgIpc) is 2.80. The van der Waals surface area contributed by atoms with Crippen LogP contribution >= 0.6 is 0 Å². The number of nitrogens with one attached hydrogen (secondary N) is 2. The summed E-state index contributed by atoms with van der Waals surface area (Å²) in [5, 5.41) is 15.3. The van der Waals surface area contributed by atoms with E-state index in [0.717, 1.165) is 19.3 Å². The molecule has 0 spiro atoms. The molecule has 4 heteroatoms. The summed E-state index contributed by atoms with van der Waals surface area (Å²) in [5.41, 5.74) is 2.87. The van der Waals surface area contributed by atoms with Crippen LogP contribution in [0.4, 0.5) is 4.79 Å². The molecule has 2 amide bonds. The van der Waals surface area contributed by atoms with E-state index < -0.39 is 6.10 Å². The number of aliphatic hydroxyl groups excluding tert-OH is 1. The summed E-state index contributed by atoms with van der Waals surface area (Å²) in [6, 6.07) is 8.28. The number of hydrogen-bond acceptors (Lipinski definition) is 2. The second-order valence-electron chi connectivity index (χ2n) is 6.44. The fraction of sp³-hybridized carbons (Fsp3) is 0.588. The fourth-order valence-electron chi connectivity index (χ4n) is 3.01. The number of rotatable bonds is 6. The van der Waals surface area contributed by atoms with E-state index in [2.05, 4.69) is 41.8 Å². The van der Waals surface area contributed by atoms with Crippen molar-refractivity contribution in [2.24, 2.45) is 5.41 Å². The van der Waals surface area contributed by atoms with Gasteiger partial charge >= 0.3 is 6.03 Å². The van der Waals surface area contributed by atoms with Crippen LogP contribution in [-0.2, 0) is 12.8 Å². The Kier molecular flexibility index (Phi) is 5.23. The van der Waals surface area contributed by atoms with Gasteiger partial charge in [-0.15, -0.1) is 0 Å². The van der Waals surface area contributed by atoms with Gasteiger partial charge in [-0.3, -0.25) is 0 Å². The Labute approximate surface area is 126 Å². The van der Waals surface area contributed by atoms with Gasteiger partial charge in [0.05, 0.1) is 6.10 Å². The number of amides is 2. The molecule has 0 bridgehead atoms. The molecule has 2 rings (SSSR count). The van der Waals surface area contributed by atoms with Crippen molar-refractivity contribution in [1.29, 1.82) is 0 Å². The Morgan fingerprint density at radius 2 is 1.90 bits per heavy atom. The maximum Gasteiger partial charge on any atom is 0.314 e. The second-order valence-corrected chi connectivity index (χ2v) is 6.44. The maximum absolute atomic E-state index is 11.8. The summed E-state index contributed by atoms with van der Waals surface area (Å²) in [6.07, 6.45) is 3.19. The van der Waals surface area contributed by atoms with Gasteiger partial charge in [0, 0.05) is 13.1 Å². The molecule has 3 N–H and O–H groups in total. The van der Waals surface area contributed by atoms with Gasteiger partial charge < -0.3 is 15.7 Å². The molecule has 0 saturated carbocycles. The second kappa shape index (κ2) is 6.94. The minimum absolute atomic E-state index is 0.0864. The van der Waals surface area contributed by atoms with Gasteiger partial charge in [0.25, 0.3) is 0 Å². The minimum Gasteiger partial charge on any atom is -0.391 e. The van der Waals surface area contributed by atoms with Crippen LogP contribution in [0.3, 0.4) is 0 Å². The van der Waals surface area contributed by atoms with Crippen molar-refractivity contribution in [2.45, 2.75) is 45.6 Å². The monoisotopic (exact) mass is 290 g/mol. The highest BCUT2D eigenvalue weighted by atomic mass is 16.3. The molecule has 4 nitrogen and oxygen atoms in total. The third-order valence-corrected chi connectivity index (χ3v) is 4.15. The number of carbonyl (C=O) groups excluding carboxylic acids is 1. The van der Waals surface area contributed by atoms with Gasteiger partial charge in [-0.1, -0.05) is 44.5 Å². The van der Waals surface area contributed by atoms with Crippen LogP contribution in [-0.4, -0.2) is 30.3 Å². The highest BCUT2D eigenvalue weighted by Gasteiger charge is 2.32. The van der Waals surface area contributed by atoms with Crippen LogP contribution in [0.5, 0.6) is 0 Å². The quantitative estimate of drug-likeness (QED) is 0.752. The van der Waals surface area contributed by atoms with E-state index in [-0.39, 0.29) is 11.4 Å². The molecule has 0 heterocycles. The molecule has 1 aliphatic carbocycles. The third-order valence-electron chi connectivity index (χ3n) is 4.15. The Morgan fingerprint density at radius 3 is 2.48 bits per heavy atom. The lowest BCUT2D eigenvalue weighted by molar-refractivity contribution is 0.159. The molecule has 0 fully saturated rings. The van der Waals surface area contributed by atoms with Gasteiger partial charge in [0.15, 0.2) is 0 Å². The molecule has 1 aliphatic rings.